The largest absolute Gasteiger partial charge is 0.237 e. The molecule has 0 radical (unpaired) electrons. The molecule has 0 aliphatic rings. The highest BCUT2D eigenvalue weighted by atomic mass is 14.8. The van der Waals surface area contributed by atoms with Crippen molar-refractivity contribution in [1.29, 1.82) is 0 Å². The number of aryl methyl sites for hydroxylation is 1. The van der Waals surface area contributed by atoms with E-state index in [4.69, 9.17) is 0 Å². The lowest BCUT2D eigenvalue weighted by Gasteiger charge is -2.00. The molecule has 0 saturated heterocycles. The van der Waals surface area contributed by atoms with Gasteiger partial charge in [0.15, 0.2) is 5.65 Å². The first-order chi connectivity index (χ1) is 6.92. The molecule has 0 aromatic carbocycles. The van der Waals surface area contributed by atoms with E-state index in [1.807, 2.05) is 32.2 Å². The molecule has 0 spiro atoms. The van der Waals surface area contributed by atoms with E-state index in [9.17, 15) is 0 Å². The summed E-state index contributed by atoms with van der Waals surface area (Å²) in [4.78, 5) is 8.36. The molecule has 0 atom stereocenters. The van der Waals surface area contributed by atoms with Gasteiger partial charge in [0.25, 0.3) is 0 Å². The second-order valence-corrected chi connectivity index (χ2v) is 2.70. The quantitative estimate of drug-likeness (QED) is 0.686. The predicted molar refractivity (Wildman–Crippen MR) is 60.3 cm³/mol. The van der Waals surface area contributed by atoms with Gasteiger partial charge >= 0.3 is 0 Å². The molecular formula is C12H16N2. The van der Waals surface area contributed by atoms with Gasteiger partial charge in [0.1, 0.15) is 0 Å². The Bertz CT molecular complexity index is 391. The molecule has 0 bridgehead atoms. The highest BCUT2D eigenvalue weighted by molar-refractivity contribution is 5.78. The van der Waals surface area contributed by atoms with Crippen LogP contribution in [0.15, 0.2) is 30.6 Å². The number of pyridine rings is 2. The maximum atomic E-state index is 4.18. The third-order valence-corrected chi connectivity index (χ3v) is 1.99. The van der Waals surface area contributed by atoms with Crippen LogP contribution in [0.25, 0.3) is 11.0 Å². The molecule has 2 rings (SSSR count). The Kier molecular flexibility index (Phi) is 4.05. The number of rotatable bonds is 1. The van der Waals surface area contributed by atoms with E-state index in [1.54, 1.807) is 6.20 Å². The summed E-state index contributed by atoms with van der Waals surface area (Å²) in [6.07, 6.45) is 4.62. The van der Waals surface area contributed by atoms with Gasteiger partial charge in [-0.15, -0.1) is 0 Å². The van der Waals surface area contributed by atoms with Crippen molar-refractivity contribution in [2.75, 3.05) is 0 Å². The number of nitrogens with zero attached hydrogens (tertiary/aromatic N) is 2. The van der Waals surface area contributed by atoms with Gasteiger partial charge in [-0.25, -0.2) is 9.97 Å². The number of fused-ring (bicyclic) bond motifs is 1. The van der Waals surface area contributed by atoms with Crippen LogP contribution in [0.1, 0.15) is 26.3 Å². The molecule has 74 valence electrons. The average molecular weight is 188 g/mol. The first-order valence-electron chi connectivity index (χ1n) is 5.10. The summed E-state index contributed by atoms with van der Waals surface area (Å²) in [5.41, 5.74) is 2.16. The molecule has 0 saturated carbocycles. The highest BCUT2D eigenvalue weighted by Crippen LogP contribution is 2.13. The smallest absolute Gasteiger partial charge is 0.159 e. The second-order valence-electron chi connectivity index (χ2n) is 2.70. The van der Waals surface area contributed by atoms with Gasteiger partial charge in [0.2, 0.25) is 0 Å². The summed E-state index contributed by atoms with van der Waals surface area (Å²) < 4.78 is 0. The van der Waals surface area contributed by atoms with Crippen LogP contribution in [0.3, 0.4) is 0 Å². The maximum absolute atomic E-state index is 4.18. The summed E-state index contributed by atoms with van der Waals surface area (Å²) in [5.74, 6) is 0. The van der Waals surface area contributed by atoms with Crippen LogP contribution in [0, 0.1) is 0 Å². The van der Waals surface area contributed by atoms with Crippen molar-refractivity contribution in [3.63, 3.8) is 0 Å². The zero-order valence-electron chi connectivity index (χ0n) is 8.99. The lowest BCUT2D eigenvalue weighted by molar-refractivity contribution is 1.14. The molecule has 0 fully saturated rings. The van der Waals surface area contributed by atoms with E-state index in [-0.39, 0.29) is 0 Å². The Balaban J connectivity index is 0.000000461. The van der Waals surface area contributed by atoms with E-state index < -0.39 is 0 Å². The van der Waals surface area contributed by atoms with E-state index in [1.165, 1.54) is 10.9 Å². The van der Waals surface area contributed by atoms with Gasteiger partial charge in [-0.2, -0.15) is 0 Å². The summed E-state index contributed by atoms with van der Waals surface area (Å²) in [6.45, 7) is 6.14. The van der Waals surface area contributed by atoms with Crippen LogP contribution < -0.4 is 0 Å². The van der Waals surface area contributed by atoms with E-state index in [2.05, 4.69) is 23.0 Å². The molecule has 0 N–H and O–H groups in total. The van der Waals surface area contributed by atoms with Gasteiger partial charge < -0.3 is 0 Å². The van der Waals surface area contributed by atoms with Crippen molar-refractivity contribution in [2.24, 2.45) is 0 Å². The molecule has 2 aromatic rings. The molecule has 0 aliphatic heterocycles. The fraction of sp³-hybridized carbons (Fsp3) is 0.333. The molecular weight excluding hydrogens is 172 g/mol. The third kappa shape index (κ3) is 2.08. The van der Waals surface area contributed by atoms with Gasteiger partial charge in [-0.3, -0.25) is 0 Å². The van der Waals surface area contributed by atoms with Crippen molar-refractivity contribution in [1.82, 2.24) is 9.97 Å². The molecule has 0 unspecified atom stereocenters. The summed E-state index contributed by atoms with van der Waals surface area (Å²) in [7, 11) is 0. The Morgan fingerprint density at radius 2 is 1.79 bits per heavy atom. The Morgan fingerprint density at radius 3 is 2.50 bits per heavy atom. The summed E-state index contributed by atoms with van der Waals surface area (Å²) in [6, 6.07) is 6.06. The van der Waals surface area contributed by atoms with Gasteiger partial charge in [0.05, 0.1) is 0 Å². The Morgan fingerprint density at radius 1 is 1.07 bits per heavy atom. The second kappa shape index (κ2) is 5.32. The fourth-order valence-corrected chi connectivity index (χ4v) is 1.35. The van der Waals surface area contributed by atoms with Crippen molar-refractivity contribution in [2.45, 2.75) is 27.2 Å². The minimum absolute atomic E-state index is 0.844. The maximum Gasteiger partial charge on any atom is 0.159 e. The molecule has 14 heavy (non-hydrogen) atoms. The van der Waals surface area contributed by atoms with Crippen molar-refractivity contribution in [3.05, 3.63) is 36.2 Å². The monoisotopic (exact) mass is 188 g/mol. The third-order valence-electron chi connectivity index (χ3n) is 1.99. The highest BCUT2D eigenvalue weighted by Gasteiger charge is 1.98. The summed E-state index contributed by atoms with van der Waals surface area (Å²) in [5, 5.41) is 1.17. The molecule has 2 aromatic heterocycles. The summed E-state index contributed by atoms with van der Waals surface area (Å²) >= 11 is 0. The van der Waals surface area contributed by atoms with Crippen LogP contribution in [-0.2, 0) is 6.42 Å². The average Bonchev–Trinajstić information content (AvgIpc) is 2.31. The minimum Gasteiger partial charge on any atom is -0.237 e. The van der Waals surface area contributed by atoms with Gasteiger partial charge in [0, 0.05) is 17.8 Å². The van der Waals surface area contributed by atoms with Crippen LogP contribution in [0.4, 0.5) is 0 Å². The topological polar surface area (TPSA) is 25.8 Å². The van der Waals surface area contributed by atoms with E-state index in [0.29, 0.717) is 0 Å². The Labute approximate surface area is 85.0 Å². The first kappa shape index (κ1) is 10.6. The lowest BCUT2D eigenvalue weighted by Crippen LogP contribution is -1.87. The standard InChI is InChI=1S/C10H10N2.C2H6/c1-2-8-5-7-12-10-9(8)4-3-6-11-10;1-2/h3-7H,2H2,1H3;1-2H3. The Hall–Kier alpha value is -1.44. The zero-order chi connectivity index (χ0) is 10.4. The van der Waals surface area contributed by atoms with Gasteiger partial charge in [-0.1, -0.05) is 20.8 Å². The van der Waals surface area contributed by atoms with Gasteiger partial charge in [-0.05, 0) is 30.2 Å². The number of hydrogen-bond donors (Lipinski definition) is 0. The lowest BCUT2D eigenvalue weighted by atomic mass is 10.1. The first-order valence-corrected chi connectivity index (χ1v) is 5.10. The van der Waals surface area contributed by atoms with Crippen molar-refractivity contribution < 1.29 is 0 Å². The molecule has 2 nitrogen and oxygen atoms in total. The van der Waals surface area contributed by atoms with Crippen LogP contribution in [-0.4, -0.2) is 9.97 Å². The fourth-order valence-electron chi connectivity index (χ4n) is 1.35. The predicted octanol–water partition coefficient (Wildman–Crippen LogP) is 3.22. The van der Waals surface area contributed by atoms with Crippen LogP contribution in [0.5, 0.6) is 0 Å². The number of aromatic nitrogens is 2. The normalized spacial score (nSPS) is 9.36. The van der Waals surface area contributed by atoms with Crippen LogP contribution in [0.2, 0.25) is 0 Å². The van der Waals surface area contributed by atoms with Crippen molar-refractivity contribution in [3.8, 4) is 0 Å². The van der Waals surface area contributed by atoms with Crippen LogP contribution >= 0.6 is 0 Å². The zero-order valence-corrected chi connectivity index (χ0v) is 8.99. The minimum atomic E-state index is 0.844. The van der Waals surface area contributed by atoms with E-state index >= 15 is 0 Å². The number of hydrogen-bond acceptors (Lipinski definition) is 2. The molecule has 0 aliphatic carbocycles. The van der Waals surface area contributed by atoms with E-state index in [0.717, 1.165) is 12.1 Å². The molecule has 0 amide bonds. The molecule has 2 heteroatoms. The SMILES string of the molecule is CC.CCc1ccnc2ncccc12. The van der Waals surface area contributed by atoms with Crippen molar-refractivity contribution >= 4 is 11.0 Å². The molecule has 2 heterocycles.